The summed E-state index contributed by atoms with van der Waals surface area (Å²) in [7, 11) is 0. The summed E-state index contributed by atoms with van der Waals surface area (Å²) in [5.74, 6) is -0.517. The molecule has 1 heterocycles. The summed E-state index contributed by atoms with van der Waals surface area (Å²) in [4.78, 5) is 26.5. The van der Waals surface area contributed by atoms with Crippen LogP contribution in [0.2, 0.25) is 0 Å². The number of benzene rings is 2. The van der Waals surface area contributed by atoms with E-state index in [0.717, 1.165) is 11.1 Å². The molecule has 2 aromatic carbocycles. The number of nitrogens with zero attached hydrogens (tertiary/aromatic N) is 1. The van der Waals surface area contributed by atoms with E-state index in [1.165, 1.54) is 12.1 Å². The van der Waals surface area contributed by atoms with E-state index in [1.807, 2.05) is 31.2 Å². The molecule has 1 amide bonds. The van der Waals surface area contributed by atoms with Gasteiger partial charge < -0.3 is 9.64 Å². The summed E-state index contributed by atoms with van der Waals surface area (Å²) in [6.07, 6.45) is 1.27. The number of rotatable bonds is 5. The number of halogens is 1. The Bertz CT molecular complexity index is 780. The summed E-state index contributed by atoms with van der Waals surface area (Å²) in [5, 5.41) is 0. The fourth-order valence-corrected chi connectivity index (χ4v) is 3.14. The lowest BCUT2D eigenvalue weighted by Gasteiger charge is -2.31. The van der Waals surface area contributed by atoms with E-state index < -0.39 is 5.82 Å². The van der Waals surface area contributed by atoms with Crippen LogP contribution >= 0.6 is 0 Å². The molecule has 5 heteroatoms. The predicted octanol–water partition coefficient (Wildman–Crippen LogP) is 3.63. The molecule has 0 aliphatic carbocycles. The van der Waals surface area contributed by atoms with Gasteiger partial charge in [-0.05, 0) is 31.9 Å². The third kappa shape index (κ3) is 4.28. The quantitative estimate of drug-likeness (QED) is 0.770. The molecule has 0 unspecified atom stereocenters. The van der Waals surface area contributed by atoms with Gasteiger partial charge in [0.25, 0.3) is 5.91 Å². The van der Waals surface area contributed by atoms with Crippen molar-refractivity contribution in [3.05, 3.63) is 65.5 Å². The number of ketones is 1. The van der Waals surface area contributed by atoms with Gasteiger partial charge in [0.2, 0.25) is 0 Å². The van der Waals surface area contributed by atoms with Crippen molar-refractivity contribution in [2.45, 2.75) is 19.8 Å². The molecule has 0 bridgehead atoms. The van der Waals surface area contributed by atoms with Crippen LogP contribution in [0.5, 0.6) is 5.75 Å². The Morgan fingerprint density at radius 3 is 2.38 bits per heavy atom. The number of ether oxygens (including phenoxy) is 1. The molecule has 1 aliphatic heterocycles. The van der Waals surface area contributed by atoms with Crippen LogP contribution < -0.4 is 4.74 Å². The van der Waals surface area contributed by atoms with Crippen molar-refractivity contribution >= 4 is 11.7 Å². The first kappa shape index (κ1) is 18.1. The monoisotopic (exact) mass is 355 g/mol. The number of Topliss-reactive ketones (excluding diaryl/α,β-unsaturated/α-hetero) is 1. The Kier molecular flexibility index (Phi) is 5.66. The topological polar surface area (TPSA) is 46.6 Å². The van der Waals surface area contributed by atoms with Gasteiger partial charge in [-0.2, -0.15) is 0 Å². The first-order chi connectivity index (χ1) is 12.5. The van der Waals surface area contributed by atoms with Gasteiger partial charge in [0.05, 0.1) is 0 Å². The highest BCUT2D eigenvalue weighted by atomic mass is 19.1. The maximum Gasteiger partial charge on any atom is 0.260 e. The molecule has 4 nitrogen and oxygen atoms in total. The number of hydrogen-bond donors (Lipinski definition) is 0. The van der Waals surface area contributed by atoms with Crippen molar-refractivity contribution in [1.29, 1.82) is 0 Å². The Hall–Kier alpha value is -2.69. The minimum Gasteiger partial charge on any atom is -0.481 e. The second-order valence-electron chi connectivity index (χ2n) is 6.60. The van der Waals surface area contributed by atoms with Crippen LogP contribution in [0.15, 0.2) is 48.5 Å². The van der Waals surface area contributed by atoms with Crippen molar-refractivity contribution in [2.75, 3.05) is 19.7 Å². The normalized spacial score (nSPS) is 14.9. The third-order valence-corrected chi connectivity index (χ3v) is 4.74. The van der Waals surface area contributed by atoms with E-state index in [0.29, 0.717) is 25.9 Å². The second kappa shape index (κ2) is 8.13. The minimum atomic E-state index is -0.484. The van der Waals surface area contributed by atoms with Gasteiger partial charge in [0.1, 0.15) is 0 Å². The van der Waals surface area contributed by atoms with Crippen LogP contribution in [-0.2, 0) is 4.79 Å². The summed E-state index contributed by atoms with van der Waals surface area (Å²) < 4.78 is 18.8. The highest BCUT2D eigenvalue weighted by molar-refractivity contribution is 5.98. The van der Waals surface area contributed by atoms with E-state index in [1.54, 1.807) is 17.0 Å². The van der Waals surface area contributed by atoms with Gasteiger partial charge in [-0.1, -0.05) is 42.0 Å². The van der Waals surface area contributed by atoms with Crippen LogP contribution in [0.25, 0.3) is 0 Å². The lowest BCUT2D eigenvalue weighted by molar-refractivity contribution is -0.134. The number of hydrogen-bond acceptors (Lipinski definition) is 3. The molecule has 1 aliphatic rings. The Labute approximate surface area is 152 Å². The number of carbonyl (C=O) groups excluding carboxylic acids is 2. The molecule has 3 rings (SSSR count). The zero-order valence-electron chi connectivity index (χ0n) is 14.8. The largest absolute Gasteiger partial charge is 0.481 e. The van der Waals surface area contributed by atoms with Crippen molar-refractivity contribution in [3.63, 3.8) is 0 Å². The van der Waals surface area contributed by atoms with E-state index in [4.69, 9.17) is 4.74 Å². The number of aryl methyl sites for hydroxylation is 1. The van der Waals surface area contributed by atoms with E-state index in [2.05, 4.69) is 0 Å². The molecular weight excluding hydrogens is 333 g/mol. The van der Waals surface area contributed by atoms with Crippen LogP contribution in [0, 0.1) is 18.7 Å². The molecule has 136 valence electrons. The molecule has 0 radical (unpaired) electrons. The molecule has 0 aromatic heterocycles. The molecule has 1 saturated heterocycles. The van der Waals surface area contributed by atoms with Gasteiger partial charge in [0, 0.05) is 24.6 Å². The van der Waals surface area contributed by atoms with Gasteiger partial charge >= 0.3 is 0 Å². The Balaban J connectivity index is 1.50. The Morgan fingerprint density at radius 2 is 1.73 bits per heavy atom. The summed E-state index contributed by atoms with van der Waals surface area (Å²) in [6, 6.07) is 13.6. The maximum atomic E-state index is 13.5. The van der Waals surface area contributed by atoms with Crippen molar-refractivity contribution < 1.29 is 18.7 Å². The number of para-hydroxylation sites is 1. The molecule has 1 fully saturated rings. The smallest absolute Gasteiger partial charge is 0.260 e. The summed E-state index contributed by atoms with van der Waals surface area (Å²) >= 11 is 0. The minimum absolute atomic E-state index is 0.0609. The first-order valence-electron chi connectivity index (χ1n) is 8.80. The van der Waals surface area contributed by atoms with Gasteiger partial charge in [-0.15, -0.1) is 0 Å². The van der Waals surface area contributed by atoms with Gasteiger partial charge in [0.15, 0.2) is 24.0 Å². The summed E-state index contributed by atoms with van der Waals surface area (Å²) in [6.45, 7) is 2.82. The molecule has 0 spiro atoms. The first-order valence-corrected chi connectivity index (χ1v) is 8.80. The fourth-order valence-electron chi connectivity index (χ4n) is 3.14. The standard InChI is InChI=1S/C21H22FNO3/c1-15-6-8-16(9-7-15)21(25)17-10-12-23(13-11-17)20(24)14-26-19-5-3-2-4-18(19)22/h2-9,17H,10-14H2,1H3. The maximum absolute atomic E-state index is 13.5. The van der Waals surface area contributed by atoms with E-state index in [9.17, 15) is 14.0 Å². The highest BCUT2D eigenvalue weighted by Crippen LogP contribution is 2.22. The van der Waals surface area contributed by atoms with E-state index >= 15 is 0 Å². The van der Waals surface area contributed by atoms with Gasteiger partial charge in [-0.3, -0.25) is 9.59 Å². The van der Waals surface area contributed by atoms with Crippen molar-refractivity contribution in [2.24, 2.45) is 5.92 Å². The average Bonchev–Trinajstić information content (AvgIpc) is 2.67. The Morgan fingerprint density at radius 1 is 1.08 bits per heavy atom. The van der Waals surface area contributed by atoms with Crippen molar-refractivity contribution in [3.8, 4) is 5.75 Å². The zero-order chi connectivity index (χ0) is 18.5. The zero-order valence-corrected chi connectivity index (χ0v) is 14.8. The summed E-state index contributed by atoms with van der Waals surface area (Å²) in [5.41, 5.74) is 1.85. The fraction of sp³-hybridized carbons (Fsp3) is 0.333. The second-order valence-corrected chi connectivity index (χ2v) is 6.60. The predicted molar refractivity (Wildman–Crippen MR) is 96.7 cm³/mol. The molecule has 0 saturated carbocycles. The molecule has 26 heavy (non-hydrogen) atoms. The number of piperidine rings is 1. The SMILES string of the molecule is Cc1ccc(C(=O)C2CCN(C(=O)COc3ccccc3F)CC2)cc1. The van der Waals surface area contributed by atoms with E-state index in [-0.39, 0.29) is 30.0 Å². The van der Waals surface area contributed by atoms with Crippen LogP contribution in [0.1, 0.15) is 28.8 Å². The number of likely N-dealkylation sites (tertiary alicyclic amines) is 1. The third-order valence-electron chi connectivity index (χ3n) is 4.74. The van der Waals surface area contributed by atoms with Crippen LogP contribution in [0.3, 0.4) is 0 Å². The lowest BCUT2D eigenvalue weighted by atomic mass is 9.88. The molecule has 0 atom stereocenters. The van der Waals surface area contributed by atoms with Crippen LogP contribution in [0.4, 0.5) is 4.39 Å². The van der Waals surface area contributed by atoms with Crippen molar-refractivity contribution in [1.82, 2.24) is 4.90 Å². The molecule has 0 N–H and O–H groups in total. The lowest BCUT2D eigenvalue weighted by Crippen LogP contribution is -2.42. The average molecular weight is 355 g/mol. The molecule has 2 aromatic rings. The van der Waals surface area contributed by atoms with Crippen LogP contribution in [-0.4, -0.2) is 36.3 Å². The van der Waals surface area contributed by atoms with Gasteiger partial charge in [-0.25, -0.2) is 4.39 Å². The molecular formula is C21H22FNO3. The number of carbonyl (C=O) groups is 2. The number of amides is 1. The highest BCUT2D eigenvalue weighted by Gasteiger charge is 2.28.